The molecular weight excluding hydrogens is 552 g/mol. The highest BCUT2D eigenvalue weighted by Crippen LogP contribution is 2.34. The highest BCUT2D eigenvalue weighted by atomic mass is 32.2. The topological polar surface area (TPSA) is 155 Å². The molecule has 1 fully saturated rings. The summed E-state index contributed by atoms with van der Waals surface area (Å²) in [4.78, 5) is 50.1. The normalized spacial score (nSPS) is 13.5. The summed E-state index contributed by atoms with van der Waals surface area (Å²) in [7, 11) is -2.57. The number of thiophene rings is 1. The average molecular weight is 583 g/mol. The van der Waals surface area contributed by atoms with Crippen molar-refractivity contribution in [3.05, 3.63) is 39.8 Å². The van der Waals surface area contributed by atoms with E-state index in [0.717, 1.165) is 30.2 Å². The van der Waals surface area contributed by atoms with Crippen molar-refractivity contribution < 1.29 is 46.5 Å². The number of nitrogens with zero attached hydrogens (tertiary/aromatic N) is 1. The zero-order valence-corrected chi connectivity index (χ0v) is 23.7. The lowest BCUT2D eigenvalue weighted by atomic mass is 10.1. The first-order valence-corrected chi connectivity index (χ1v) is 14.4. The molecule has 212 valence electrons. The zero-order valence-electron chi connectivity index (χ0n) is 22.0. The van der Waals surface area contributed by atoms with Crippen molar-refractivity contribution in [3.8, 4) is 5.75 Å². The maximum atomic E-state index is 13.1. The molecule has 0 spiro atoms. The van der Waals surface area contributed by atoms with Gasteiger partial charge in [0, 0.05) is 13.1 Å². The lowest BCUT2D eigenvalue weighted by molar-refractivity contribution is -0.119. The molecular formula is C25H30N2O10S2. The Morgan fingerprint density at radius 2 is 1.62 bits per heavy atom. The second-order valence-corrected chi connectivity index (χ2v) is 11.2. The average Bonchev–Trinajstić information content (AvgIpc) is 3.56. The van der Waals surface area contributed by atoms with Gasteiger partial charge in [-0.2, -0.15) is 4.31 Å². The van der Waals surface area contributed by atoms with Crippen LogP contribution in [0.4, 0.5) is 5.00 Å². The number of benzene rings is 1. The summed E-state index contributed by atoms with van der Waals surface area (Å²) in [5, 5.41) is 2.52. The first-order valence-electron chi connectivity index (χ1n) is 12.2. The minimum atomic E-state index is -3.90. The molecule has 12 nitrogen and oxygen atoms in total. The van der Waals surface area contributed by atoms with Gasteiger partial charge in [0.1, 0.15) is 20.5 Å². The summed E-state index contributed by atoms with van der Waals surface area (Å²) < 4.78 is 47.8. The van der Waals surface area contributed by atoms with Gasteiger partial charge in [-0.3, -0.25) is 4.79 Å². The minimum absolute atomic E-state index is 0.00325. The van der Waals surface area contributed by atoms with Crippen LogP contribution in [0.5, 0.6) is 5.75 Å². The standard InChI is InChI=1S/C25H30N2O10S2/c1-5-35-24(30)20-15(3)21(25(31)36-6-2)38-22(20)26-19(28)14-37-23(29)16-9-10-17(34-4)18(13-16)39(32,33)27-11-7-8-12-27/h9-10,13H,5-8,11-12,14H2,1-4H3,(H,26,28). The third-order valence-corrected chi connectivity index (χ3v) is 8.86. The van der Waals surface area contributed by atoms with Crippen LogP contribution in [-0.2, 0) is 29.0 Å². The van der Waals surface area contributed by atoms with Crippen LogP contribution in [0.2, 0.25) is 0 Å². The number of hydrogen-bond acceptors (Lipinski definition) is 11. The van der Waals surface area contributed by atoms with Gasteiger partial charge < -0.3 is 24.3 Å². The largest absolute Gasteiger partial charge is 0.495 e. The summed E-state index contributed by atoms with van der Waals surface area (Å²) in [6, 6.07) is 3.82. The van der Waals surface area contributed by atoms with Gasteiger partial charge in [0.25, 0.3) is 5.91 Å². The Kier molecular flexibility index (Phi) is 10.1. The van der Waals surface area contributed by atoms with Gasteiger partial charge in [0.05, 0.1) is 31.5 Å². The number of anilines is 1. The predicted molar refractivity (Wildman–Crippen MR) is 141 cm³/mol. The predicted octanol–water partition coefficient (Wildman–Crippen LogP) is 3.00. The van der Waals surface area contributed by atoms with E-state index in [4.69, 9.17) is 18.9 Å². The molecule has 1 aromatic carbocycles. The Hall–Kier alpha value is -3.49. The molecule has 1 aliphatic rings. The number of sulfonamides is 1. The second kappa shape index (κ2) is 13.0. The van der Waals surface area contributed by atoms with Crippen LogP contribution in [-0.4, -0.2) is 76.6 Å². The van der Waals surface area contributed by atoms with Gasteiger partial charge in [-0.25, -0.2) is 22.8 Å². The number of hydrogen-bond donors (Lipinski definition) is 1. The fourth-order valence-corrected chi connectivity index (χ4v) is 6.70. The van der Waals surface area contributed by atoms with E-state index in [1.807, 2.05) is 0 Å². The van der Waals surface area contributed by atoms with E-state index < -0.39 is 40.4 Å². The molecule has 0 radical (unpaired) electrons. The molecule has 1 saturated heterocycles. The van der Waals surface area contributed by atoms with Gasteiger partial charge in [-0.1, -0.05) is 0 Å². The number of methoxy groups -OCH3 is 1. The van der Waals surface area contributed by atoms with Crippen LogP contribution in [0.25, 0.3) is 0 Å². The van der Waals surface area contributed by atoms with Crippen molar-refractivity contribution in [1.29, 1.82) is 0 Å². The first-order chi connectivity index (χ1) is 18.5. The highest BCUT2D eigenvalue weighted by Gasteiger charge is 2.31. The summed E-state index contributed by atoms with van der Waals surface area (Å²) in [6.07, 6.45) is 1.47. The van der Waals surface area contributed by atoms with Gasteiger partial charge in [0.2, 0.25) is 10.0 Å². The molecule has 39 heavy (non-hydrogen) atoms. The summed E-state index contributed by atoms with van der Waals surface area (Å²) >= 11 is 0.835. The van der Waals surface area contributed by atoms with Crippen LogP contribution in [0.3, 0.4) is 0 Å². The lowest BCUT2D eigenvalue weighted by Gasteiger charge is -2.18. The molecule has 1 aliphatic heterocycles. The highest BCUT2D eigenvalue weighted by molar-refractivity contribution is 7.89. The van der Waals surface area contributed by atoms with Crippen molar-refractivity contribution in [1.82, 2.24) is 4.31 Å². The van der Waals surface area contributed by atoms with Crippen LogP contribution < -0.4 is 10.1 Å². The van der Waals surface area contributed by atoms with Gasteiger partial charge in [-0.15, -0.1) is 11.3 Å². The van der Waals surface area contributed by atoms with E-state index in [1.54, 1.807) is 13.8 Å². The van der Waals surface area contributed by atoms with Gasteiger partial charge in [0.15, 0.2) is 6.61 Å². The van der Waals surface area contributed by atoms with E-state index in [-0.39, 0.29) is 50.4 Å². The number of rotatable bonds is 11. The summed E-state index contributed by atoms with van der Waals surface area (Å²) in [5.74, 6) is -3.04. The third-order valence-electron chi connectivity index (χ3n) is 5.76. The number of amides is 1. The van der Waals surface area contributed by atoms with E-state index >= 15 is 0 Å². The molecule has 0 saturated carbocycles. The van der Waals surface area contributed by atoms with E-state index in [2.05, 4.69) is 5.32 Å². The smallest absolute Gasteiger partial charge is 0.348 e. The molecule has 0 bridgehead atoms. The molecule has 1 aromatic heterocycles. The van der Waals surface area contributed by atoms with Crippen molar-refractivity contribution in [2.24, 2.45) is 0 Å². The van der Waals surface area contributed by atoms with Crippen molar-refractivity contribution in [2.75, 3.05) is 45.3 Å². The molecule has 0 aliphatic carbocycles. The van der Waals surface area contributed by atoms with E-state index in [9.17, 15) is 27.6 Å². The SMILES string of the molecule is CCOC(=O)c1sc(NC(=O)COC(=O)c2ccc(OC)c(S(=O)(=O)N3CCCC3)c2)c(C(=O)OCC)c1C. The van der Waals surface area contributed by atoms with Crippen LogP contribution >= 0.6 is 11.3 Å². The van der Waals surface area contributed by atoms with Crippen LogP contribution in [0.1, 0.15) is 62.6 Å². The van der Waals surface area contributed by atoms with Crippen molar-refractivity contribution in [2.45, 2.75) is 38.5 Å². The lowest BCUT2D eigenvalue weighted by Crippen LogP contribution is -2.28. The summed E-state index contributed by atoms with van der Waals surface area (Å²) in [5.41, 5.74) is 0.191. The van der Waals surface area contributed by atoms with Crippen LogP contribution in [0.15, 0.2) is 23.1 Å². The number of carbonyl (C=O) groups excluding carboxylic acids is 4. The minimum Gasteiger partial charge on any atom is -0.495 e. The Morgan fingerprint density at radius 1 is 0.974 bits per heavy atom. The maximum Gasteiger partial charge on any atom is 0.348 e. The molecule has 0 unspecified atom stereocenters. The number of nitrogens with one attached hydrogen (secondary N) is 1. The first kappa shape index (κ1) is 30.1. The van der Waals surface area contributed by atoms with Gasteiger partial charge in [-0.05, 0) is 57.4 Å². The Balaban J connectivity index is 1.76. The fraction of sp³-hybridized carbons (Fsp3) is 0.440. The van der Waals surface area contributed by atoms with E-state index in [1.165, 1.54) is 30.5 Å². The second-order valence-electron chi connectivity index (χ2n) is 8.30. The maximum absolute atomic E-state index is 13.1. The molecule has 14 heteroatoms. The Bertz CT molecular complexity index is 1360. The number of carbonyl (C=O) groups is 4. The molecule has 1 amide bonds. The van der Waals surface area contributed by atoms with E-state index in [0.29, 0.717) is 13.1 Å². The third kappa shape index (κ3) is 6.75. The molecule has 2 aromatic rings. The molecule has 3 rings (SSSR count). The molecule has 1 N–H and O–H groups in total. The molecule has 0 atom stereocenters. The Labute approximate surface area is 230 Å². The quantitative estimate of drug-likeness (QED) is 0.309. The van der Waals surface area contributed by atoms with Crippen molar-refractivity contribution in [3.63, 3.8) is 0 Å². The van der Waals surface area contributed by atoms with Crippen LogP contribution in [0, 0.1) is 6.92 Å². The monoisotopic (exact) mass is 582 g/mol. The zero-order chi connectivity index (χ0) is 28.7. The summed E-state index contributed by atoms with van der Waals surface area (Å²) in [6.45, 7) is 4.97. The number of esters is 3. The van der Waals surface area contributed by atoms with Gasteiger partial charge >= 0.3 is 17.9 Å². The van der Waals surface area contributed by atoms with Crippen molar-refractivity contribution >= 4 is 50.2 Å². The Morgan fingerprint density at radius 3 is 2.23 bits per heavy atom. The fourth-order valence-electron chi connectivity index (χ4n) is 3.89. The number of ether oxygens (including phenoxy) is 4. The molecule has 2 heterocycles.